The zero-order valence-electron chi connectivity index (χ0n) is 13.1. The Morgan fingerprint density at radius 2 is 1.81 bits per heavy atom. The van der Waals surface area contributed by atoms with Crippen LogP contribution in [0.4, 0.5) is 5.69 Å². The summed E-state index contributed by atoms with van der Waals surface area (Å²) in [5, 5.41) is 4.25. The molecule has 5 nitrogen and oxygen atoms in total. The van der Waals surface area contributed by atoms with Crippen molar-refractivity contribution in [3.63, 3.8) is 0 Å². The predicted molar refractivity (Wildman–Crippen MR) is 88.3 cm³/mol. The molecule has 0 saturated carbocycles. The molecule has 6 heteroatoms. The van der Waals surface area contributed by atoms with Gasteiger partial charge in [0.05, 0.1) is 26.9 Å². The highest BCUT2D eigenvalue weighted by atomic mass is 32.2. The second kappa shape index (κ2) is 6.47. The third-order valence-electron chi connectivity index (χ3n) is 3.57. The number of methoxy groups -OCH3 is 3. The van der Waals surface area contributed by atoms with Crippen LogP contribution in [0.5, 0.6) is 17.2 Å². The number of hydrogen-bond acceptors (Lipinski definition) is 6. The summed E-state index contributed by atoms with van der Waals surface area (Å²) in [6.45, 7) is 4.33. The van der Waals surface area contributed by atoms with Gasteiger partial charge < -0.3 is 19.5 Å². The van der Waals surface area contributed by atoms with E-state index in [2.05, 4.69) is 19.2 Å². The third-order valence-corrected chi connectivity index (χ3v) is 4.80. The molecule has 0 amide bonds. The van der Waals surface area contributed by atoms with E-state index < -0.39 is 0 Å². The van der Waals surface area contributed by atoms with Crippen molar-refractivity contribution in [2.45, 2.75) is 25.8 Å². The fraction of sp³-hybridized carbons (Fsp3) is 0.533. The molecule has 0 spiro atoms. The molecule has 1 aliphatic rings. The van der Waals surface area contributed by atoms with Crippen LogP contribution in [0.1, 0.15) is 20.3 Å². The summed E-state index contributed by atoms with van der Waals surface area (Å²) in [4.78, 5) is 4.74. The van der Waals surface area contributed by atoms with Gasteiger partial charge in [-0.3, -0.25) is 4.99 Å². The number of benzene rings is 1. The summed E-state index contributed by atoms with van der Waals surface area (Å²) >= 11 is 1.73. The van der Waals surface area contributed by atoms with Crippen molar-refractivity contribution in [2.24, 2.45) is 4.99 Å². The van der Waals surface area contributed by atoms with Gasteiger partial charge in [-0.05, 0) is 13.3 Å². The number of ether oxygens (including phenoxy) is 3. The highest BCUT2D eigenvalue weighted by Crippen LogP contribution is 2.40. The van der Waals surface area contributed by atoms with Crippen LogP contribution in [0, 0.1) is 0 Å². The van der Waals surface area contributed by atoms with Gasteiger partial charge in [0.25, 0.3) is 0 Å². The molecule has 0 fully saturated rings. The molecule has 1 aliphatic heterocycles. The van der Waals surface area contributed by atoms with Crippen LogP contribution < -0.4 is 19.5 Å². The molecule has 1 atom stereocenters. The van der Waals surface area contributed by atoms with Crippen molar-refractivity contribution < 1.29 is 14.2 Å². The summed E-state index contributed by atoms with van der Waals surface area (Å²) in [6, 6.07) is 3.76. The molecule has 1 aromatic rings. The van der Waals surface area contributed by atoms with E-state index in [-0.39, 0.29) is 5.54 Å². The van der Waals surface area contributed by atoms with Crippen LogP contribution in [-0.4, -0.2) is 37.8 Å². The Balaban J connectivity index is 2.27. The lowest BCUT2D eigenvalue weighted by Crippen LogP contribution is -2.20. The van der Waals surface area contributed by atoms with Crippen LogP contribution in [0.25, 0.3) is 0 Å². The van der Waals surface area contributed by atoms with Crippen LogP contribution in [0.15, 0.2) is 17.1 Å². The minimum atomic E-state index is 0.0215. The topological polar surface area (TPSA) is 52.1 Å². The lowest BCUT2D eigenvalue weighted by molar-refractivity contribution is 0.324. The quantitative estimate of drug-likeness (QED) is 0.903. The molecule has 1 aromatic carbocycles. The highest BCUT2D eigenvalue weighted by molar-refractivity contribution is 8.14. The van der Waals surface area contributed by atoms with E-state index >= 15 is 0 Å². The van der Waals surface area contributed by atoms with E-state index in [1.54, 1.807) is 33.1 Å². The molecule has 0 aliphatic carbocycles. The Morgan fingerprint density at radius 1 is 1.19 bits per heavy atom. The minimum Gasteiger partial charge on any atom is -0.493 e. The number of anilines is 1. The van der Waals surface area contributed by atoms with Gasteiger partial charge >= 0.3 is 0 Å². The fourth-order valence-corrected chi connectivity index (χ4v) is 3.25. The lowest BCUT2D eigenvalue weighted by atomic mass is 10.0. The SMILES string of the molecule is CCC1(C)CSC(Nc2cc(OC)c(OC)c(OC)c2)=N1. The summed E-state index contributed by atoms with van der Waals surface area (Å²) < 4.78 is 16.0. The number of hydrogen-bond donors (Lipinski definition) is 1. The normalized spacial score (nSPS) is 20.9. The first-order valence-electron chi connectivity index (χ1n) is 6.85. The number of amidine groups is 1. The summed E-state index contributed by atoms with van der Waals surface area (Å²) in [5.41, 5.74) is 0.893. The van der Waals surface area contributed by atoms with Crippen LogP contribution in [0.3, 0.4) is 0 Å². The second-order valence-corrected chi connectivity index (χ2v) is 6.06. The van der Waals surface area contributed by atoms with Crippen molar-refractivity contribution in [1.29, 1.82) is 0 Å². The standard InChI is InChI=1S/C15H22N2O3S/c1-6-15(2)9-21-14(17-15)16-10-7-11(18-3)13(20-5)12(8-10)19-4/h7-8H,6,9H2,1-5H3,(H,16,17). The monoisotopic (exact) mass is 310 g/mol. The van der Waals surface area contributed by atoms with E-state index in [1.807, 2.05) is 12.1 Å². The van der Waals surface area contributed by atoms with Crippen molar-refractivity contribution >= 4 is 22.6 Å². The van der Waals surface area contributed by atoms with Crippen LogP contribution >= 0.6 is 11.8 Å². The third kappa shape index (κ3) is 3.37. The molecular weight excluding hydrogens is 288 g/mol. The first kappa shape index (κ1) is 15.8. The summed E-state index contributed by atoms with van der Waals surface area (Å²) in [6.07, 6.45) is 1.03. The fourth-order valence-electron chi connectivity index (χ4n) is 2.06. The Morgan fingerprint density at radius 3 is 2.24 bits per heavy atom. The molecule has 1 heterocycles. The molecule has 0 saturated heterocycles. The van der Waals surface area contributed by atoms with Crippen molar-refractivity contribution in [3.8, 4) is 17.2 Å². The molecule has 0 bridgehead atoms. The Kier molecular flexibility index (Phi) is 4.88. The Bertz CT molecular complexity index is 523. The molecule has 21 heavy (non-hydrogen) atoms. The number of rotatable bonds is 5. The van der Waals surface area contributed by atoms with Gasteiger partial charge in [0.2, 0.25) is 5.75 Å². The molecule has 0 radical (unpaired) electrons. The van der Waals surface area contributed by atoms with Gasteiger partial charge in [-0.25, -0.2) is 0 Å². The number of aliphatic imine (C=N–C) groups is 1. The number of thioether (sulfide) groups is 1. The zero-order valence-corrected chi connectivity index (χ0v) is 14.0. The maximum Gasteiger partial charge on any atom is 0.203 e. The van der Waals surface area contributed by atoms with Gasteiger partial charge in [0.15, 0.2) is 16.7 Å². The van der Waals surface area contributed by atoms with E-state index in [4.69, 9.17) is 19.2 Å². The van der Waals surface area contributed by atoms with E-state index in [0.717, 1.165) is 23.0 Å². The average Bonchev–Trinajstić information content (AvgIpc) is 2.88. The highest BCUT2D eigenvalue weighted by Gasteiger charge is 2.29. The second-order valence-electron chi connectivity index (χ2n) is 5.10. The maximum atomic E-state index is 5.35. The average molecular weight is 310 g/mol. The maximum absolute atomic E-state index is 5.35. The molecule has 0 aromatic heterocycles. The van der Waals surface area contributed by atoms with Gasteiger partial charge in [0, 0.05) is 23.6 Å². The van der Waals surface area contributed by atoms with Crippen LogP contribution in [0.2, 0.25) is 0 Å². The van der Waals surface area contributed by atoms with E-state index in [0.29, 0.717) is 17.2 Å². The Hall–Kier alpha value is -1.56. The summed E-state index contributed by atoms with van der Waals surface area (Å²) in [5.74, 6) is 2.84. The minimum absolute atomic E-state index is 0.0215. The largest absolute Gasteiger partial charge is 0.493 e. The smallest absolute Gasteiger partial charge is 0.203 e. The molecule has 1 N–H and O–H groups in total. The Labute approximate surface area is 130 Å². The summed E-state index contributed by atoms with van der Waals surface area (Å²) in [7, 11) is 4.81. The predicted octanol–water partition coefficient (Wildman–Crippen LogP) is 3.40. The van der Waals surface area contributed by atoms with Crippen molar-refractivity contribution in [1.82, 2.24) is 0 Å². The zero-order chi connectivity index (χ0) is 15.5. The van der Waals surface area contributed by atoms with E-state index in [9.17, 15) is 0 Å². The molecular formula is C15H22N2O3S. The molecule has 1 unspecified atom stereocenters. The van der Waals surface area contributed by atoms with E-state index in [1.165, 1.54) is 0 Å². The van der Waals surface area contributed by atoms with Crippen LogP contribution in [-0.2, 0) is 0 Å². The number of nitrogens with zero attached hydrogens (tertiary/aromatic N) is 1. The van der Waals surface area contributed by atoms with Gasteiger partial charge in [-0.1, -0.05) is 18.7 Å². The lowest BCUT2D eigenvalue weighted by Gasteiger charge is -2.16. The number of nitrogens with one attached hydrogen (secondary N) is 1. The van der Waals surface area contributed by atoms with Crippen molar-refractivity contribution in [3.05, 3.63) is 12.1 Å². The van der Waals surface area contributed by atoms with Gasteiger partial charge in [-0.15, -0.1) is 0 Å². The van der Waals surface area contributed by atoms with Crippen molar-refractivity contribution in [2.75, 3.05) is 32.4 Å². The first-order chi connectivity index (χ1) is 10.0. The molecule has 2 rings (SSSR count). The first-order valence-corrected chi connectivity index (χ1v) is 7.83. The van der Waals surface area contributed by atoms with Gasteiger partial charge in [0.1, 0.15) is 0 Å². The molecule has 116 valence electrons. The van der Waals surface area contributed by atoms with Gasteiger partial charge in [-0.2, -0.15) is 0 Å².